The molecule has 0 amide bonds. The van der Waals surface area contributed by atoms with E-state index in [-0.39, 0.29) is 0 Å². The summed E-state index contributed by atoms with van der Waals surface area (Å²) in [6, 6.07) is 33.0. The molecule has 0 saturated heterocycles. The standard InChI is InChI=1S/C29H16N2S2/c1-2-5-17(6-3-1)18-9-11-19(12-10-18)31-20-7-4-8-22-25(20)27-23(32-22)13-14-24-28(27)26-21(31)15-16-30-29(26)33-24/h1-16H. The number of rotatable bonds is 2. The van der Waals surface area contributed by atoms with Crippen molar-refractivity contribution in [3.63, 3.8) is 0 Å². The highest BCUT2D eigenvalue weighted by Crippen LogP contribution is 2.48. The molecule has 33 heavy (non-hydrogen) atoms. The van der Waals surface area contributed by atoms with Crippen LogP contribution in [0, 0.1) is 0 Å². The SMILES string of the molecule is c1ccc(-c2ccc(-n3c4cccc5sc6ccc7sc8nccc3c8c7c6c54)cc2)cc1. The molecule has 0 aliphatic rings. The minimum atomic E-state index is 1.10. The summed E-state index contributed by atoms with van der Waals surface area (Å²) in [5.41, 5.74) is 6.08. The van der Waals surface area contributed by atoms with Crippen LogP contribution in [0.4, 0.5) is 0 Å². The summed E-state index contributed by atoms with van der Waals surface area (Å²) in [6.45, 7) is 0. The van der Waals surface area contributed by atoms with Crippen molar-refractivity contribution in [1.82, 2.24) is 9.55 Å². The van der Waals surface area contributed by atoms with Gasteiger partial charge in [0.25, 0.3) is 0 Å². The fourth-order valence-corrected chi connectivity index (χ4v) is 7.48. The van der Waals surface area contributed by atoms with E-state index >= 15 is 0 Å². The van der Waals surface area contributed by atoms with Crippen molar-refractivity contribution in [1.29, 1.82) is 0 Å². The maximum atomic E-state index is 4.77. The molecule has 4 aromatic heterocycles. The van der Waals surface area contributed by atoms with Gasteiger partial charge in [0.15, 0.2) is 0 Å². The lowest BCUT2D eigenvalue weighted by Crippen LogP contribution is -1.97. The molecular weight excluding hydrogens is 440 g/mol. The summed E-state index contributed by atoms with van der Waals surface area (Å²) in [6.07, 6.45) is 1.95. The minimum Gasteiger partial charge on any atom is -0.309 e. The first-order chi connectivity index (χ1) is 16.4. The molecule has 0 unspecified atom stereocenters. The molecule has 0 radical (unpaired) electrons. The largest absolute Gasteiger partial charge is 0.309 e. The van der Waals surface area contributed by atoms with Crippen LogP contribution in [0.5, 0.6) is 0 Å². The van der Waals surface area contributed by atoms with Crippen LogP contribution in [0.15, 0.2) is 97.2 Å². The summed E-state index contributed by atoms with van der Waals surface area (Å²) < 4.78 is 6.43. The maximum Gasteiger partial charge on any atom is 0.126 e. The molecule has 0 saturated carbocycles. The van der Waals surface area contributed by atoms with Crippen molar-refractivity contribution in [3.8, 4) is 16.8 Å². The molecule has 0 fully saturated rings. The Morgan fingerprint density at radius 3 is 2.06 bits per heavy atom. The number of benzene rings is 4. The zero-order chi connectivity index (χ0) is 21.5. The van der Waals surface area contributed by atoms with Gasteiger partial charge in [0.05, 0.1) is 11.0 Å². The maximum absolute atomic E-state index is 4.77. The van der Waals surface area contributed by atoms with Gasteiger partial charge in [0.1, 0.15) is 4.83 Å². The number of hydrogen-bond donors (Lipinski definition) is 0. The molecule has 4 heteroatoms. The molecule has 0 N–H and O–H groups in total. The van der Waals surface area contributed by atoms with Gasteiger partial charge in [-0.15, -0.1) is 22.7 Å². The van der Waals surface area contributed by atoms with Gasteiger partial charge in [-0.05, 0) is 53.6 Å². The summed E-state index contributed by atoms with van der Waals surface area (Å²) in [7, 11) is 0. The zero-order valence-corrected chi connectivity index (χ0v) is 19.1. The Morgan fingerprint density at radius 2 is 1.21 bits per heavy atom. The van der Waals surface area contributed by atoms with Gasteiger partial charge in [0.2, 0.25) is 0 Å². The third-order valence-corrected chi connectivity index (χ3v) is 8.85. The number of hydrogen-bond acceptors (Lipinski definition) is 3. The number of pyridine rings is 1. The molecule has 0 spiro atoms. The van der Waals surface area contributed by atoms with Crippen LogP contribution in [0.25, 0.3) is 68.3 Å². The Labute approximate surface area is 197 Å². The molecule has 0 atom stereocenters. The highest BCUT2D eigenvalue weighted by molar-refractivity contribution is 7.28. The van der Waals surface area contributed by atoms with Crippen LogP contribution in [-0.2, 0) is 0 Å². The van der Waals surface area contributed by atoms with Crippen LogP contribution in [0.2, 0.25) is 0 Å². The predicted molar refractivity (Wildman–Crippen MR) is 143 cm³/mol. The van der Waals surface area contributed by atoms with Crippen molar-refractivity contribution in [2.75, 3.05) is 0 Å². The zero-order valence-electron chi connectivity index (χ0n) is 17.4. The Balaban J connectivity index is 1.56. The highest BCUT2D eigenvalue weighted by atomic mass is 32.1. The monoisotopic (exact) mass is 456 g/mol. The summed E-state index contributed by atoms with van der Waals surface area (Å²) in [5, 5.41) is 5.36. The van der Waals surface area contributed by atoms with E-state index in [9.17, 15) is 0 Å². The van der Waals surface area contributed by atoms with Gasteiger partial charge in [0, 0.05) is 47.5 Å². The van der Waals surface area contributed by atoms with Crippen molar-refractivity contribution in [2.24, 2.45) is 0 Å². The van der Waals surface area contributed by atoms with Crippen molar-refractivity contribution in [3.05, 3.63) is 97.2 Å². The topological polar surface area (TPSA) is 17.8 Å². The first kappa shape index (κ1) is 17.8. The van der Waals surface area contributed by atoms with Crippen LogP contribution in [0.3, 0.4) is 0 Å². The number of thiophene rings is 2. The normalized spacial score (nSPS) is 12.2. The predicted octanol–water partition coefficient (Wildman–Crippen LogP) is 8.87. The average molecular weight is 457 g/mol. The smallest absolute Gasteiger partial charge is 0.126 e. The van der Waals surface area contributed by atoms with E-state index in [0.717, 1.165) is 4.83 Å². The third kappa shape index (κ3) is 2.34. The average Bonchev–Trinajstić information content (AvgIpc) is 3.40. The molecule has 0 aliphatic heterocycles. The van der Waals surface area contributed by atoms with E-state index < -0.39 is 0 Å². The van der Waals surface area contributed by atoms with E-state index in [0.29, 0.717) is 0 Å². The first-order valence-electron chi connectivity index (χ1n) is 11.0. The van der Waals surface area contributed by atoms with Crippen LogP contribution in [-0.4, -0.2) is 9.55 Å². The van der Waals surface area contributed by atoms with Gasteiger partial charge in [-0.1, -0.05) is 48.5 Å². The Hall–Kier alpha value is -3.73. The van der Waals surface area contributed by atoms with E-state index in [1.807, 2.05) is 17.5 Å². The summed E-state index contributed by atoms with van der Waals surface area (Å²) in [4.78, 5) is 5.88. The lowest BCUT2D eigenvalue weighted by Gasteiger charge is -2.13. The third-order valence-electron chi connectivity index (χ3n) is 6.67. The molecule has 4 aromatic carbocycles. The van der Waals surface area contributed by atoms with Gasteiger partial charge in [-0.25, -0.2) is 4.98 Å². The van der Waals surface area contributed by atoms with Gasteiger partial charge in [-0.2, -0.15) is 0 Å². The lowest BCUT2D eigenvalue weighted by atomic mass is 10.1. The van der Waals surface area contributed by atoms with Crippen molar-refractivity contribution >= 4 is 74.2 Å². The quantitative estimate of drug-likeness (QED) is 0.254. The van der Waals surface area contributed by atoms with E-state index in [4.69, 9.17) is 4.98 Å². The highest BCUT2D eigenvalue weighted by Gasteiger charge is 2.21. The second-order valence-corrected chi connectivity index (χ2v) is 10.5. The van der Waals surface area contributed by atoms with Crippen LogP contribution >= 0.6 is 22.7 Å². The molecule has 0 bridgehead atoms. The summed E-state index contributed by atoms with van der Waals surface area (Å²) in [5.74, 6) is 0. The molecule has 2 nitrogen and oxygen atoms in total. The second kappa shape index (κ2) is 6.41. The van der Waals surface area contributed by atoms with E-state index in [2.05, 4.69) is 95.6 Å². The van der Waals surface area contributed by atoms with Crippen LogP contribution < -0.4 is 0 Å². The fourth-order valence-electron chi connectivity index (χ4n) is 5.27. The van der Waals surface area contributed by atoms with Crippen molar-refractivity contribution < 1.29 is 0 Å². The first-order valence-corrected chi connectivity index (χ1v) is 12.6. The molecule has 4 heterocycles. The minimum absolute atomic E-state index is 1.10. The molecule has 8 rings (SSSR count). The van der Waals surface area contributed by atoms with E-state index in [1.165, 1.54) is 63.5 Å². The van der Waals surface area contributed by atoms with Crippen LogP contribution in [0.1, 0.15) is 0 Å². The molecule has 8 aromatic rings. The van der Waals surface area contributed by atoms with Gasteiger partial charge in [-0.3, -0.25) is 0 Å². The Morgan fingerprint density at radius 1 is 0.515 bits per heavy atom. The van der Waals surface area contributed by atoms with Gasteiger partial charge < -0.3 is 4.57 Å². The Kier molecular flexibility index (Phi) is 3.45. The Bertz CT molecular complexity index is 1850. The van der Waals surface area contributed by atoms with Gasteiger partial charge >= 0.3 is 0 Å². The van der Waals surface area contributed by atoms with E-state index in [1.54, 1.807) is 11.3 Å². The lowest BCUT2D eigenvalue weighted by molar-refractivity contribution is 1.17. The molecule has 0 aliphatic carbocycles. The number of nitrogens with zero attached hydrogens (tertiary/aromatic N) is 2. The summed E-state index contributed by atoms with van der Waals surface area (Å²) >= 11 is 3.68. The number of aromatic nitrogens is 2. The fraction of sp³-hybridized carbons (Fsp3) is 0. The molecule has 154 valence electrons. The second-order valence-electron chi connectivity index (χ2n) is 8.42. The van der Waals surface area contributed by atoms with Crippen molar-refractivity contribution in [2.45, 2.75) is 0 Å². The molecular formula is C29H16N2S2.